The fraction of sp³-hybridized carbons (Fsp3) is 0.0968. The predicted octanol–water partition coefficient (Wildman–Crippen LogP) is 17.7. The molecule has 326 valence electrons. The zero-order valence-corrected chi connectivity index (χ0v) is 41.9. The summed E-state index contributed by atoms with van der Waals surface area (Å²) in [6, 6.07) is 81.3. The highest BCUT2D eigenvalue weighted by atomic mass is 32.1. The Kier molecular flexibility index (Phi) is 10.8. The summed E-state index contributed by atoms with van der Waals surface area (Å²) in [5.41, 5.74) is 11.7. The number of thiophene rings is 1. The van der Waals surface area contributed by atoms with E-state index in [1.165, 1.54) is 74.3 Å². The summed E-state index contributed by atoms with van der Waals surface area (Å²) in [4.78, 5) is 4.92. The van der Waals surface area contributed by atoms with Gasteiger partial charge in [0, 0.05) is 59.4 Å². The summed E-state index contributed by atoms with van der Waals surface area (Å²) in [5, 5.41) is 10.6. The Balaban J connectivity index is 1.11. The van der Waals surface area contributed by atoms with Gasteiger partial charge in [0.2, 0.25) is 0 Å². The zero-order valence-electron chi connectivity index (χ0n) is 39.1. The highest BCUT2D eigenvalue weighted by Crippen LogP contribution is 2.49. The van der Waals surface area contributed by atoms with E-state index in [9.17, 15) is 0 Å². The smallest absolute Gasteiger partial charge is 0.0775 e. The highest BCUT2D eigenvalue weighted by Gasteiger charge is 2.24. The molecule has 0 aliphatic rings. The van der Waals surface area contributed by atoms with Crippen LogP contribution in [0.25, 0.3) is 64.0 Å². The maximum Gasteiger partial charge on any atom is 0.0775 e. The first-order chi connectivity index (χ1) is 32.5. The van der Waals surface area contributed by atoms with Gasteiger partial charge in [-0.2, -0.15) is 0 Å². The van der Waals surface area contributed by atoms with Crippen molar-refractivity contribution in [2.45, 2.75) is 39.3 Å². The van der Waals surface area contributed by atoms with Crippen LogP contribution in [-0.2, 0) is 0 Å². The molecule has 11 aromatic rings. The third-order valence-electron chi connectivity index (χ3n) is 13.4. The molecule has 0 atom stereocenters. The minimum absolute atomic E-state index is 1.14. The van der Waals surface area contributed by atoms with Crippen molar-refractivity contribution in [1.29, 1.82) is 0 Å². The summed E-state index contributed by atoms with van der Waals surface area (Å²) < 4.78 is 2.59. The van der Waals surface area contributed by atoms with E-state index in [2.05, 4.69) is 267 Å². The Bertz CT molecular complexity index is 3590. The maximum atomic E-state index is 2.46. The van der Waals surface area contributed by atoms with Gasteiger partial charge in [-0.25, -0.2) is 0 Å². The lowest BCUT2D eigenvalue weighted by molar-refractivity contribution is 1.29. The van der Waals surface area contributed by atoms with Crippen molar-refractivity contribution in [1.82, 2.24) is 0 Å². The quantitative estimate of drug-likeness (QED) is 0.0996. The molecule has 0 N–H and O–H groups in total. The van der Waals surface area contributed by atoms with E-state index in [1.807, 2.05) is 11.3 Å². The van der Waals surface area contributed by atoms with Crippen LogP contribution in [0.15, 0.2) is 218 Å². The molecule has 10 aromatic carbocycles. The van der Waals surface area contributed by atoms with Gasteiger partial charge in [-0.15, -0.1) is 11.3 Å². The van der Waals surface area contributed by atoms with Crippen LogP contribution in [0.5, 0.6) is 0 Å². The summed E-state index contributed by atoms with van der Waals surface area (Å²) in [6.45, 7) is 14.5. The van der Waals surface area contributed by atoms with Crippen LogP contribution in [-0.4, -0.2) is 16.1 Å². The first-order valence-corrected chi connectivity index (χ1v) is 31.2. The Morgan fingerprint density at radius 3 is 1.25 bits per heavy atom. The van der Waals surface area contributed by atoms with Crippen LogP contribution < -0.4 is 20.2 Å². The number of nitrogens with zero attached hydrogens (tertiary/aromatic N) is 2. The molecule has 0 saturated heterocycles. The van der Waals surface area contributed by atoms with E-state index in [-0.39, 0.29) is 0 Å². The molecule has 2 nitrogen and oxygen atoms in total. The molecule has 0 radical (unpaired) electrons. The van der Waals surface area contributed by atoms with Crippen molar-refractivity contribution in [2.24, 2.45) is 0 Å². The number of hydrogen-bond acceptors (Lipinski definition) is 3. The van der Waals surface area contributed by atoms with Gasteiger partial charge in [0.1, 0.15) is 0 Å². The Labute approximate surface area is 401 Å². The molecule has 0 bridgehead atoms. The molecule has 0 spiro atoms. The van der Waals surface area contributed by atoms with Crippen LogP contribution in [0.1, 0.15) is 0 Å². The minimum atomic E-state index is -1.51. The summed E-state index contributed by atoms with van der Waals surface area (Å²) in [7, 11) is -3.01. The van der Waals surface area contributed by atoms with Crippen LogP contribution in [0, 0.1) is 0 Å². The lowest BCUT2D eigenvalue weighted by Gasteiger charge is -2.29. The van der Waals surface area contributed by atoms with E-state index >= 15 is 0 Å². The van der Waals surface area contributed by atoms with E-state index in [4.69, 9.17) is 0 Å². The van der Waals surface area contributed by atoms with Gasteiger partial charge < -0.3 is 9.80 Å². The largest absolute Gasteiger partial charge is 0.310 e. The molecule has 0 saturated carbocycles. The molecule has 0 fully saturated rings. The SMILES string of the molecule is C[Si](C)(C)c1ccc(N(c2ccc3c(c2)sc2c4ccc(N(c5ccc([Si](C)(C)C)cc5)c5ccccc5-c5ccccc5)cc4c4ccccc4c32)c2ccccc2-c2ccccc2)cc1. The number of anilines is 6. The second kappa shape index (κ2) is 17.0. The summed E-state index contributed by atoms with van der Waals surface area (Å²) >= 11 is 1.91. The van der Waals surface area contributed by atoms with E-state index in [0.717, 1.165) is 34.1 Å². The van der Waals surface area contributed by atoms with Gasteiger partial charge >= 0.3 is 0 Å². The van der Waals surface area contributed by atoms with Crippen molar-refractivity contribution in [3.05, 3.63) is 218 Å². The van der Waals surface area contributed by atoms with E-state index in [0.29, 0.717) is 0 Å². The second-order valence-electron chi connectivity index (χ2n) is 19.8. The lowest BCUT2D eigenvalue weighted by Crippen LogP contribution is -2.37. The van der Waals surface area contributed by atoms with Gasteiger partial charge in [-0.3, -0.25) is 0 Å². The van der Waals surface area contributed by atoms with Crippen LogP contribution in [0.2, 0.25) is 39.3 Å². The lowest BCUT2D eigenvalue weighted by atomic mass is 9.96. The molecule has 0 aliphatic carbocycles. The average molecular weight is 915 g/mol. The van der Waals surface area contributed by atoms with Crippen molar-refractivity contribution in [2.75, 3.05) is 9.80 Å². The van der Waals surface area contributed by atoms with Crippen molar-refractivity contribution in [3.8, 4) is 22.3 Å². The third-order valence-corrected chi connectivity index (χ3v) is 18.7. The predicted molar refractivity (Wildman–Crippen MR) is 301 cm³/mol. The van der Waals surface area contributed by atoms with Gasteiger partial charge in [0.05, 0.1) is 27.5 Å². The minimum Gasteiger partial charge on any atom is -0.310 e. The summed E-state index contributed by atoms with van der Waals surface area (Å²) in [5.74, 6) is 0. The molecule has 67 heavy (non-hydrogen) atoms. The Hall–Kier alpha value is -7.03. The van der Waals surface area contributed by atoms with Crippen LogP contribution >= 0.6 is 11.3 Å². The molecule has 0 aliphatic heterocycles. The first-order valence-electron chi connectivity index (χ1n) is 23.4. The number of fused-ring (bicyclic) bond motifs is 8. The first kappa shape index (κ1) is 42.6. The average Bonchev–Trinajstić information content (AvgIpc) is 3.74. The van der Waals surface area contributed by atoms with Gasteiger partial charge in [0.15, 0.2) is 0 Å². The Morgan fingerprint density at radius 1 is 0.328 bits per heavy atom. The topological polar surface area (TPSA) is 6.48 Å². The van der Waals surface area contributed by atoms with Crippen molar-refractivity contribution in [3.63, 3.8) is 0 Å². The number of benzene rings is 10. The molecule has 1 aromatic heterocycles. The standard InChI is InChI=1S/C62H54N2SSi2/c1-66(2,3)49-35-29-45(30-36-49)63(58-27-17-15-23-51(58)43-19-9-7-10-20-43)47-33-39-55-57(41-47)53-25-13-14-26-54(53)61-56-40-34-48(42-60(56)65-62(55)61)64(46-31-37-50(38-32-46)67(4,5)6)59-28-18-16-24-52(59)44-21-11-8-12-22-44/h7-42H,1-6H3. The van der Waals surface area contributed by atoms with Gasteiger partial charge in [-0.05, 0) is 87.9 Å². The molecular weight excluding hydrogens is 861 g/mol. The van der Waals surface area contributed by atoms with Crippen LogP contribution in [0.3, 0.4) is 0 Å². The van der Waals surface area contributed by atoms with E-state index < -0.39 is 16.1 Å². The van der Waals surface area contributed by atoms with Crippen molar-refractivity contribution >= 4 is 114 Å². The van der Waals surface area contributed by atoms with Gasteiger partial charge in [-0.1, -0.05) is 207 Å². The molecule has 1 heterocycles. The Morgan fingerprint density at radius 2 is 0.746 bits per heavy atom. The molecular formula is C62H54N2SSi2. The number of para-hydroxylation sites is 2. The number of rotatable bonds is 10. The molecule has 0 unspecified atom stereocenters. The molecule has 11 rings (SSSR count). The molecule has 0 amide bonds. The van der Waals surface area contributed by atoms with Gasteiger partial charge in [0.25, 0.3) is 0 Å². The normalized spacial score (nSPS) is 12.0. The molecule has 5 heteroatoms. The fourth-order valence-electron chi connectivity index (χ4n) is 9.85. The monoisotopic (exact) mass is 914 g/mol. The van der Waals surface area contributed by atoms with Crippen molar-refractivity contribution < 1.29 is 0 Å². The number of hydrogen-bond donors (Lipinski definition) is 0. The zero-order chi connectivity index (χ0) is 45.9. The highest BCUT2D eigenvalue weighted by molar-refractivity contribution is 7.27. The van der Waals surface area contributed by atoms with Crippen LogP contribution in [0.4, 0.5) is 34.1 Å². The third kappa shape index (κ3) is 7.87. The second-order valence-corrected chi connectivity index (χ2v) is 31.0. The van der Waals surface area contributed by atoms with E-state index in [1.54, 1.807) is 0 Å². The fourth-order valence-corrected chi connectivity index (χ4v) is 13.5. The maximum absolute atomic E-state index is 2.46. The summed E-state index contributed by atoms with van der Waals surface area (Å²) in [6.07, 6.45) is 0.